The van der Waals surface area contributed by atoms with Gasteiger partial charge >= 0.3 is 0 Å². The molecule has 108 valence electrons. The second-order valence-electron chi connectivity index (χ2n) is 5.65. The summed E-state index contributed by atoms with van der Waals surface area (Å²) in [6.07, 6.45) is 8.11. The third-order valence-corrected chi connectivity index (χ3v) is 4.33. The summed E-state index contributed by atoms with van der Waals surface area (Å²) in [4.78, 5) is 14.2. The van der Waals surface area contributed by atoms with Crippen molar-refractivity contribution in [1.82, 2.24) is 10.2 Å². The first-order valence-electron chi connectivity index (χ1n) is 7.23. The lowest BCUT2D eigenvalue weighted by Gasteiger charge is -2.35. The van der Waals surface area contributed by atoms with Crippen molar-refractivity contribution in [2.75, 3.05) is 19.6 Å². The van der Waals surface area contributed by atoms with Crippen molar-refractivity contribution in [3.63, 3.8) is 0 Å². The van der Waals surface area contributed by atoms with Gasteiger partial charge in [-0.1, -0.05) is 26.7 Å². The van der Waals surface area contributed by atoms with E-state index in [2.05, 4.69) is 23.1 Å². The SMILES string of the molecule is C#CC(CC)(CC)NC(=O)CN1CCC(C)C(N)C1. The molecule has 0 aromatic rings. The molecule has 4 nitrogen and oxygen atoms in total. The number of rotatable bonds is 5. The van der Waals surface area contributed by atoms with E-state index >= 15 is 0 Å². The minimum Gasteiger partial charge on any atom is -0.339 e. The van der Waals surface area contributed by atoms with E-state index in [1.165, 1.54) is 0 Å². The normalized spacial score (nSPS) is 24.8. The lowest BCUT2D eigenvalue weighted by Crippen LogP contribution is -2.53. The van der Waals surface area contributed by atoms with E-state index in [1.54, 1.807) is 0 Å². The van der Waals surface area contributed by atoms with Crippen LogP contribution in [0.5, 0.6) is 0 Å². The lowest BCUT2D eigenvalue weighted by atomic mass is 9.93. The van der Waals surface area contributed by atoms with Gasteiger partial charge in [-0.15, -0.1) is 6.42 Å². The summed E-state index contributed by atoms with van der Waals surface area (Å²) in [5.74, 6) is 3.26. The molecule has 2 atom stereocenters. The highest BCUT2D eigenvalue weighted by molar-refractivity contribution is 5.79. The van der Waals surface area contributed by atoms with Crippen LogP contribution in [-0.4, -0.2) is 42.0 Å². The van der Waals surface area contributed by atoms with E-state index in [0.29, 0.717) is 12.5 Å². The third kappa shape index (κ3) is 4.22. The standard InChI is InChI=1S/C15H27N3O/c1-5-15(6-2,7-3)17-14(19)11-18-9-8-12(4)13(16)10-18/h1,12-13H,6-11,16H2,2-4H3,(H,17,19). The number of hydrogen-bond donors (Lipinski definition) is 2. The van der Waals surface area contributed by atoms with Gasteiger partial charge in [-0.25, -0.2) is 0 Å². The zero-order valence-electron chi connectivity index (χ0n) is 12.4. The highest BCUT2D eigenvalue weighted by Crippen LogP contribution is 2.16. The molecule has 1 fully saturated rings. The molecule has 3 N–H and O–H groups in total. The van der Waals surface area contributed by atoms with E-state index in [-0.39, 0.29) is 11.9 Å². The minimum absolute atomic E-state index is 0.00315. The third-order valence-electron chi connectivity index (χ3n) is 4.33. The molecule has 1 amide bonds. The quantitative estimate of drug-likeness (QED) is 0.728. The Morgan fingerprint density at radius 1 is 1.53 bits per heavy atom. The summed E-state index contributed by atoms with van der Waals surface area (Å²) in [6.45, 7) is 8.28. The molecule has 2 unspecified atom stereocenters. The maximum absolute atomic E-state index is 12.1. The van der Waals surface area contributed by atoms with Gasteiger partial charge < -0.3 is 11.1 Å². The molecular weight excluding hydrogens is 238 g/mol. The van der Waals surface area contributed by atoms with Gasteiger partial charge in [0.2, 0.25) is 5.91 Å². The van der Waals surface area contributed by atoms with Crippen LogP contribution in [0.3, 0.4) is 0 Å². The van der Waals surface area contributed by atoms with Crippen LogP contribution in [0, 0.1) is 18.3 Å². The Bertz CT molecular complexity index is 344. The lowest BCUT2D eigenvalue weighted by molar-refractivity contribution is -0.124. The van der Waals surface area contributed by atoms with Crippen LogP contribution in [0.4, 0.5) is 0 Å². The van der Waals surface area contributed by atoms with E-state index in [0.717, 1.165) is 32.4 Å². The molecule has 0 bridgehead atoms. The number of carbonyl (C=O) groups is 1. The Balaban J connectivity index is 2.50. The predicted molar refractivity (Wildman–Crippen MR) is 78.5 cm³/mol. The fourth-order valence-corrected chi connectivity index (χ4v) is 2.49. The van der Waals surface area contributed by atoms with Crippen LogP contribution in [0.1, 0.15) is 40.0 Å². The second-order valence-corrected chi connectivity index (χ2v) is 5.65. The van der Waals surface area contributed by atoms with Crippen LogP contribution in [0.2, 0.25) is 0 Å². The molecule has 0 aromatic carbocycles. The fourth-order valence-electron chi connectivity index (χ4n) is 2.49. The van der Waals surface area contributed by atoms with Crippen molar-refractivity contribution in [3.05, 3.63) is 0 Å². The Morgan fingerprint density at radius 3 is 2.63 bits per heavy atom. The summed E-state index contributed by atoms with van der Waals surface area (Å²) >= 11 is 0. The molecule has 0 saturated carbocycles. The number of carbonyl (C=O) groups excluding carboxylic acids is 1. The highest BCUT2D eigenvalue weighted by Gasteiger charge is 2.28. The van der Waals surface area contributed by atoms with Gasteiger partial charge in [-0.3, -0.25) is 9.69 Å². The van der Waals surface area contributed by atoms with Gasteiger partial charge in [0.25, 0.3) is 0 Å². The predicted octanol–water partition coefficient (Wildman–Crippen LogP) is 0.964. The maximum Gasteiger partial charge on any atom is 0.235 e. The number of nitrogens with zero attached hydrogens (tertiary/aromatic N) is 1. The van der Waals surface area contributed by atoms with Gasteiger partial charge in [0.05, 0.1) is 6.54 Å². The van der Waals surface area contributed by atoms with Crippen LogP contribution in [0.15, 0.2) is 0 Å². The van der Waals surface area contributed by atoms with E-state index in [4.69, 9.17) is 12.2 Å². The first kappa shape index (κ1) is 16.0. The Labute approximate surface area is 117 Å². The number of nitrogens with two attached hydrogens (primary N) is 1. The largest absolute Gasteiger partial charge is 0.339 e. The monoisotopic (exact) mass is 265 g/mol. The number of likely N-dealkylation sites (tertiary alicyclic amines) is 1. The summed E-state index contributed by atoms with van der Waals surface area (Å²) in [7, 11) is 0. The summed E-state index contributed by atoms with van der Waals surface area (Å²) in [5, 5.41) is 3.00. The molecule has 0 spiro atoms. The van der Waals surface area contributed by atoms with Crippen LogP contribution >= 0.6 is 0 Å². The van der Waals surface area contributed by atoms with E-state index < -0.39 is 5.54 Å². The molecular formula is C15H27N3O. The number of hydrogen-bond acceptors (Lipinski definition) is 3. The summed E-state index contributed by atoms with van der Waals surface area (Å²) < 4.78 is 0. The fraction of sp³-hybridized carbons (Fsp3) is 0.800. The maximum atomic E-state index is 12.1. The van der Waals surface area contributed by atoms with Gasteiger partial charge in [0.15, 0.2) is 0 Å². The zero-order valence-corrected chi connectivity index (χ0v) is 12.4. The summed E-state index contributed by atoms with van der Waals surface area (Å²) in [5.41, 5.74) is 5.55. The van der Waals surface area contributed by atoms with Gasteiger partial charge in [-0.2, -0.15) is 0 Å². The molecule has 0 aliphatic carbocycles. The topological polar surface area (TPSA) is 58.4 Å². The molecule has 1 aliphatic rings. The summed E-state index contributed by atoms with van der Waals surface area (Å²) in [6, 6.07) is 0.163. The molecule has 1 rings (SSSR count). The van der Waals surface area contributed by atoms with Crippen molar-refractivity contribution in [3.8, 4) is 12.3 Å². The Kier molecular flexibility index (Phi) is 5.84. The average Bonchev–Trinajstić information content (AvgIpc) is 2.40. The number of piperidine rings is 1. The van der Waals surface area contributed by atoms with Crippen molar-refractivity contribution in [2.24, 2.45) is 11.7 Å². The van der Waals surface area contributed by atoms with Crippen molar-refractivity contribution in [1.29, 1.82) is 0 Å². The number of amides is 1. The van der Waals surface area contributed by atoms with Gasteiger partial charge in [-0.05, 0) is 31.7 Å². The second kappa shape index (κ2) is 6.93. The first-order chi connectivity index (χ1) is 8.96. The zero-order chi connectivity index (χ0) is 14.5. The van der Waals surface area contributed by atoms with Crippen molar-refractivity contribution < 1.29 is 4.79 Å². The van der Waals surface area contributed by atoms with Gasteiger partial charge in [0, 0.05) is 12.6 Å². The molecule has 1 aliphatic heterocycles. The average molecular weight is 265 g/mol. The Morgan fingerprint density at radius 2 is 2.16 bits per heavy atom. The molecule has 0 aromatic heterocycles. The number of terminal acetylenes is 1. The van der Waals surface area contributed by atoms with Gasteiger partial charge in [0.1, 0.15) is 5.54 Å². The van der Waals surface area contributed by atoms with Crippen molar-refractivity contribution in [2.45, 2.75) is 51.6 Å². The highest BCUT2D eigenvalue weighted by atomic mass is 16.2. The molecule has 1 heterocycles. The van der Waals surface area contributed by atoms with E-state index in [1.807, 2.05) is 13.8 Å². The molecule has 19 heavy (non-hydrogen) atoms. The van der Waals surface area contributed by atoms with Crippen molar-refractivity contribution >= 4 is 5.91 Å². The molecule has 4 heteroatoms. The van der Waals surface area contributed by atoms with E-state index in [9.17, 15) is 4.79 Å². The van der Waals surface area contributed by atoms with Crippen LogP contribution < -0.4 is 11.1 Å². The molecule has 1 saturated heterocycles. The van der Waals surface area contributed by atoms with Crippen LogP contribution in [-0.2, 0) is 4.79 Å². The smallest absolute Gasteiger partial charge is 0.235 e. The Hall–Kier alpha value is -1.05. The minimum atomic E-state index is -0.498. The number of nitrogens with one attached hydrogen (secondary N) is 1. The first-order valence-corrected chi connectivity index (χ1v) is 7.23. The van der Waals surface area contributed by atoms with Crippen LogP contribution in [0.25, 0.3) is 0 Å². The molecule has 0 radical (unpaired) electrons.